The number of hydrazone groups is 1. The number of thiazole rings is 1. The maximum atomic E-state index is 12.4. The van der Waals surface area contributed by atoms with Gasteiger partial charge in [0.25, 0.3) is 10.0 Å². The predicted octanol–water partition coefficient (Wildman–Crippen LogP) is 4.65. The molecular weight excluding hydrogens is 408 g/mol. The van der Waals surface area contributed by atoms with E-state index in [0.29, 0.717) is 16.7 Å². The molecule has 2 N–H and O–H groups in total. The summed E-state index contributed by atoms with van der Waals surface area (Å²) >= 11 is 1.22. The number of benzene rings is 2. The smallest absolute Gasteiger partial charge is 0.263 e. The van der Waals surface area contributed by atoms with Crippen molar-refractivity contribution < 1.29 is 12.8 Å². The number of hydrogen-bond acceptors (Lipinski definition) is 7. The minimum atomic E-state index is -3.68. The second-order valence-corrected chi connectivity index (χ2v) is 8.48. The van der Waals surface area contributed by atoms with Crippen LogP contribution < -0.4 is 10.1 Å². The van der Waals surface area contributed by atoms with Gasteiger partial charge in [0.15, 0.2) is 5.13 Å². The molecule has 0 fully saturated rings. The first kappa shape index (κ1) is 18.9. The standard InChI is InChI=1S/C20H16N4O3S2/c25-29(26,24-20-21-12-13-28-20)18-9-6-15(7-10-18)19-11-8-17(27-19)14-22-23-16-4-2-1-3-5-16/h1-14,23H,(H,21,24)/b22-14-. The summed E-state index contributed by atoms with van der Waals surface area (Å²) in [5, 5.41) is 6.17. The Morgan fingerprint density at radius 3 is 2.52 bits per heavy atom. The third-order valence-electron chi connectivity index (χ3n) is 3.89. The maximum absolute atomic E-state index is 12.4. The molecule has 0 amide bonds. The van der Waals surface area contributed by atoms with Crippen molar-refractivity contribution in [3.63, 3.8) is 0 Å². The topological polar surface area (TPSA) is 96.6 Å². The molecule has 7 nitrogen and oxygen atoms in total. The highest BCUT2D eigenvalue weighted by molar-refractivity contribution is 7.93. The van der Waals surface area contributed by atoms with E-state index in [1.165, 1.54) is 23.5 Å². The number of nitrogens with one attached hydrogen (secondary N) is 2. The molecule has 146 valence electrons. The highest BCUT2D eigenvalue weighted by atomic mass is 32.2. The Morgan fingerprint density at radius 2 is 1.79 bits per heavy atom. The van der Waals surface area contributed by atoms with Gasteiger partial charge in [-0.3, -0.25) is 10.1 Å². The first-order valence-corrected chi connectivity index (χ1v) is 10.9. The molecule has 2 aromatic carbocycles. The van der Waals surface area contributed by atoms with Gasteiger partial charge in [0.05, 0.1) is 16.8 Å². The molecule has 0 radical (unpaired) electrons. The number of nitrogens with zero attached hydrogens (tertiary/aromatic N) is 2. The normalized spacial score (nSPS) is 11.6. The number of anilines is 2. The predicted molar refractivity (Wildman–Crippen MR) is 115 cm³/mol. The van der Waals surface area contributed by atoms with Gasteiger partial charge in [-0.05, 0) is 48.5 Å². The van der Waals surface area contributed by atoms with Crippen molar-refractivity contribution in [3.05, 3.63) is 84.1 Å². The average Bonchev–Trinajstić information content (AvgIpc) is 3.41. The number of hydrogen-bond donors (Lipinski definition) is 2. The summed E-state index contributed by atoms with van der Waals surface area (Å²) in [5.41, 5.74) is 4.55. The van der Waals surface area contributed by atoms with Crippen LogP contribution in [0.3, 0.4) is 0 Å². The molecule has 4 aromatic rings. The number of para-hydroxylation sites is 1. The maximum Gasteiger partial charge on any atom is 0.263 e. The minimum absolute atomic E-state index is 0.150. The summed E-state index contributed by atoms with van der Waals surface area (Å²) in [6.45, 7) is 0. The highest BCUT2D eigenvalue weighted by Crippen LogP contribution is 2.24. The van der Waals surface area contributed by atoms with Crippen LogP contribution in [0.25, 0.3) is 11.3 Å². The van der Waals surface area contributed by atoms with Crippen LogP contribution in [0.4, 0.5) is 10.8 Å². The lowest BCUT2D eigenvalue weighted by molar-refractivity contribution is 0.575. The van der Waals surface area contributed by atoms with E-state index >= 15 is 0 Å². The van der Waals surface area contributed by atoms with E-state index in [9.17, 15) is 8.42 Å². The molecule has 2 aromatic heterocycles. The molecule has 0 unspecified atom stereocenters. The molecule has 29 heavy (non-hydrogen) atoms. The van der Waals surface area contributed by atoms with Gasteiger partial charge < -0.3 is 4.42 Å². The van der Waals surface area contributed by atoms with E-state index < -0.39 is 10.0 Å². The monoisotopic (exact) mass is 424 g/mol. The second kappa shape index (κ2) is 8.29. The van der Waals surface area contributed by atoms with Crippen molar-refractivity contribution >= 4 is 38.4 Å². The number of sulfonamides is 1. The Labute approximate surface area is 171 Å². The van der Waals surface area contributed by atoms with Crippen LogP contribution in [-0.4, -0.2) is 19.6 Å². The van der Waals surface area contributed by atoms with Gasteiger partial charge in [-0.25, -0.2) is 13.4 Å². The molecule has 0 aliphatic rings. The summed E-state index contributed by atoms with van der Waals surface area (Å²) in [6.07, 6.45) is 3.12. The molecule has 0 aliphatic carbocycles. The fourth-order valence-corrected chi connectivity index (χ4v) is 4.30. The van der Waals surface area contributed by atoms with Crippen LogP contribution in [0.15, 0.2) is 92.7 Å². The largest absolute Gasteiger partial charge is 0.455 e. The van der Waals surface area contributed by atoms with E-state index in [2.05, 4.69) is 20.2 Å². The van der Waals surface area contributed by atoms with Gasteiger partial charge in [0.2, 0.25) is 0 Å². The lowest BCUT2D eigenvalue weighted by Gasteiger charge is -2.05. The molecule has 0 saturated heterocycles. The Bertz CT molecular complexity index is 1200. The van der Waals surface area contributed by atoms with Crippen molar-refractivity contribution in [2.24, 2.45) is 5.10 Å². The minimum Gasteiger partial charge on any atom is -0.455 e. The summed E-state index contributed by atoms with van der Waals surface area (Å²) < 4.78 is 33.0. The van der Waals surface area contributed by atoms with Crippen LogP contribution in [0, 0.1) is 0 Å². The molecule has 9 heteroatoms. The van der Waals surface area contributed by atoms with Gasteiger partial charge in [-0.15, -0.1) is 11.3 Å². The van der Waals surface area contributed by atoms with Crippen LogP contribution in [0.1, 0.15) is 5.76 Å². The number of aromatic nitrogens is 1. The molecular formula is C20H16N4O3S2. The lowest BCUT2D eigenvalue weighted by Crippen LogP contribution is -2.12. The Hall–Kier alpha value is -3.43. The van der Waals surface area contributed by atoms with Crippen molar-refractivity contribution in [1.29, 1.82) is 0 Å². The molecule has 0 saturated carbocycles. The van der Waals surface area contributed by atoms with E-state index in [4.69, 9.17) is 4.42 Å². The van der Waals surface area contributed by atoms with Crippen LogP contribution in [-0.2, 0) is 10.0 Å². The molecule has 0 aliphatic heterocycles. The van der Waals surface area contributed by atoms with E-state index in [1.54, 1.807) is 42.1 Å². The van der Waals surface area contributed by atoms with Gasteiger partial charge >= 0.3 is 0 Å². The van der Waals surface area contributed by atoms with Crippen molar-refractivity contribution in [1.82, 2.24) is 4.98 Å². The molecule has 4 rings (SSSR count). The Morgan fingerprint density at radius 1 is 1.00 bits per heavy atom. The average molecular weight is 425 g/mol. The number of furan rings is 1. The SMILES string of the molecule is O=S(=O)(Nc1nccs1)c1ccc(-c2ccc(/C=N\Nc3ccccc3)o2)cc1. The summed E-state index contributed by atoms with van der Waals surface area (Å²) in [7, 11) is -3.68. The van der Waals surface area contributed by atoms with E-state index in [0.717, 1.165) is 11.3 Å². The van der Waals surface area contributed by atoms with E-state index in [-0.39, 0.29) is 4.90 Å². The van der Waals surface area contributed by atoms with Crippen LogP contribution >= 0.6 is 11.3 Å². The molecule has 0 atom stereocenters. The Kier molecular flexibility index (Phi) is 5.41. The van der Waals surface area contributed by atoms with Crippen molar-refractivity contribution in [3.8, 4) is 11.3 Å². The van der Waals surface area contributed by atoms with Crippen molar-refractivity contribution in [2.75, 3.05) is 10.1 Å². The summed E-state index contributed by atoms with van der Waals surface area (Å²) in [6, 6.07) is 19.6. The van der Waals surface area contributed by atoms with Gasteiger partial charge in [0, 0.05) is 17.1 Å². The molecule has 0 spiro atoms. The third-order valence-corrected chi connectivity index (χ3v) is 6.06. The molecule has 0 bridgehead atoms. The lowest BCUT2D eigenvalue weighted by atomic mass is 10.2. The quantitative estimate of drug-likeness (QED) is 0.332. The van der Waals surface area contributed by atoms with Gasteiger partial charge in [0.1, 0.15) is 11.5 Å². The summed E-state index contributed by atoms with van der Waals surface area (Å²) in [4.78, 5) is 4.08. The fraction of sp³-hybridized carbons (Fsp3) is 0. The second-order valence-electron chi connectivity index (χ2n) is 5.91. The first-order chi connectivity index (χ1) is 14.1. The fourth-order valence-electron chi connectivity index (χ4n) is 2.51. The summed E-state index contributed by atoms with van der Waals surface area (Å²) in [5.74, 6) is 1.19. The van der Waals surface area contributed by atoms with Crippen molar-refractivity contribution in [2.45, 2.75) is 4.90 Å². The number of rotatable bonds is 7. The van der Waals surface area contributed by atoms with Crippen LogP contribution in [0.5, 0.6) is 0 Å². The Balaban J connectivity index is 1.44. The highest BCUT2D eigenvalue weighted by Gasteiger charge is 2.15. The van der Waals surface area contributed by atoms with Gasteiger partial charge in [-0.2, -0.15) is 5.10 Å². The zero-order valence-electron chi connectivity index (χ0n) is 15.0. The zero-order valence-corrected chi connectivity index (χ0v) is 16.7. The van der Waals surface area contributed by atoms with Crippen LogP contribution in [0.2, 0.25) is 0 Å². The van der Waals surface area contributed by atoms with E-state index in [1.807, 2.05) is 30.3 Å². The zero-order chi connectivity index (χ0) is 20.1. The van der Waals surface area contributed by atoms with Gasteiger partial charge in [-0.1, -0.05) is 18.2 Å². The third kappa shape index (κ3) is 4.71. The molecule has 2 heterocycles. The first-order valence-electron chi connectivity index (χ1n) is 8.57.